The van der Waals surface area contributed by atoms with E-state index in [1.807, 2.05) is 13.8 Å². The molecule has 0 radical (unpaired) electrons. The van der Waals surface area contributed by atoms with E-state index < -0.39 is 22.3 Å². The van der Waals surface area contributed by atoms with Crippen molar-refractivity contribution in [2.24, 2.45) is 0 Å². The van der Waals surface area contributed by atoms with E-state index in [1.54, 1.807) is 61.8 Å². The molecule has 1 atom stereocenters. The van der Waals surface area contributed by atoms with Gasteiger partial charge in [0.15, 0.2) is 5.60 Å². The molecule has 2 heterocycles. The van der Waals surface area contributed by atoms with Gasteiger partial charge in [0.2, 0.25) is 5.78 Å². The van der Waals surface area contributed by atoms with E-state index in [-0.39, 0.29) is 5.78 Å². The maximum Gasteiger partial charge on any atom is 0.264 e. The molecule has 1 aliphatic heterocycles. The fourth-order valence-electron chi connectivity index (χ4n) is 3.98. The second-order valence-corrected chi connectivity index (χ2v) is 10.8. The lowest BCUT2D eigenvalue weighted by Crippen LogP contribution is -2.39. The number of nitrogens with zero attached hydrogens (tertiary/aromatic N) is 1. The Kier molecular flexibility index (Phi) is 7.38. The highest BCUT2D eigenvalue weighted by Crippen LogP contribution is 2.42. The molecule has 1 aliphatic rings. The maximum atomic E-state index is 13.6. The van der Waals surface area contributed by atoms with Crippen LogP contribution in [0.25, 0.3) is 11.3 Å². The van der Waals surface area contributed by atoms with Gasteiger partial charge in [-0.3, -0.25) is 14.0 Å². The highest BCUT2D eigenvalue weighted by Gasteiger charge is 2.47. The summed E-state index contributed by atoms with van der Waals surface area (Å²) in [6, 6.07) is 16.2. The van der Waals surface area contributed by atoms with Gasteiger partial charge in [-0.15, -0.1) is 0 Å². The Morgan fingerprint density at radius 3 is 2.19 bits per heavy atom. The lowest BCUT2D eigenvalue weighted by molar-refractivity contribution is -0.128. The van der Waals surface area contributed by atoms with E-state index in [1.165, 1.54) is 6.92 Å². The Bertz CT molecular complexity index is 1440. The van der Waals surface area contributed by atoms with Crippen molar-refractivity contribution in [1.29, 1.82) is 0 Å². The molecular formula is C28H29NO7S. The van der Waals surface area contributed by atoms with Gasteiger partial charge in [0.1, 0.15) is 30.5 Å². The number of aryl methyl sites for hydroxylation is 2. The minimum atomic E-state index is -3.78. The molecule has 9 heteroatoms. The zero-order valence-corrected chi connectivity index (χ0v) is 22.2. The SMILES string of the molecule is COc1ccc(C2=C(c3ccc(OCc4ncc(C)cc4C)cc3)C(=O)C(C)(COS(C)(=O)=O)O2)cc1. The minimum absolute atomic E-state index is 0.314. The topological polar surface area (TPSA) is 101 Å². The molecular weight excluding hydrogens is 494 g/mol. The van der Waals surface area contributed by atoms with Crippen molar-refractivity contribution < 1.29 is 31.6 Å². The van der Waals surface area contributed by atoms with Gasteiger partial charge in [-0.25, -0.2) is 0 Å². The number of benzene rings is 2. The number of carbonyl (C=O) groups is 1. The standard InChI is InChI=1S/C28H29NO7S/c1-18-14-19(2)24(29-15-18)16-34-23-12-6-20(7-13-23)25-26(21-8-10-22(33-4)11-9-21)36-28(3,27(25)30)17-35-37(5,31)32/h6-15H,16-17H2,1-5H3. The molecule has 1 aromatic heterocycles. The van der Waals surface area contributed by atoms with Crippen molar-refractivity contribution >= 4 is 27.2 Å². The van der Waals surface area contributed by atoms with Crippen LogP contribution in [-0.2, 0) is 30.4 Å². The van der Waals surface area contributed by atoms with E-state index >= 15 is 0 Å². The molecule has 37 heavy (non-hydrogen) atoms. The normalized spacial score (nSPS) is 17.6. The molecule has 0 spiro atoms. The van der Waals surface area contributed by atoms with Crippen LogP contribution in [0.1, 0.15) is 34.9 Å². The number of methoxy groups -OCH3 is 1. The molecule has 1 unspecified atom stereocenters. The van der Waals surface area contributed by atoms with Crippen molar-refractivity contribution in [3.63, 3.8) is 0 Å². The quantitative estimate of drug-likeness (QED) is 0.378. The number of hydrogen-bond acceptors (Lipinski definition) is 8. The molecule has 8 nitrogen and oxygen atoms in total. The molecule has 0 bridgehead atoms. The van der Waals surface area contributed by atoms with E-state index in [0.29, 0.717) is 40.6 Å². The molecule has 0 fully saturated rings. The molecule has 4 rings (SSSR count). The zero-order chi connectivity index (χ0) is 26.8. The third kappa shape index (κ3) is 6.00. The van der Waals surface area contributed by atoms with Gasteiger partial charge in [-0.1, -0.05) is 18.2 Å². The molecule has 0 amide bonds. The van der Waals surface area contributed by atoms with E-state index in [9.17, 15) is 13.2 Å². The van der Waals surface area contributed by atoms with Crippen molar-refractivity contribution in [3.8, 4) is 11.5 Å². The van der Waals surface area contributed by atoms with Crippen LogP contribution in [0.4, 0.5) is 0 Å². The fourth-order valence-corrected chi connectivity index (χ4v) is 4.42. The number of rotatable bonds is 9. The Morgan fingerprint density at radius 2 is 1.59 bits per heavy atom. The van der Waals surface area contributed by atoms with Gasteiger partial charge in [-0.05, 0) is 73.9 Å². The monoisotopic (exact) mass is 523 g/mol. The van der Waals surface area contributed by atoms with Crippen molar-refractivity contribution in [2.75, 3.05) is 20.0 Å². The Balaban J connectivity index is 1.63. The number of Topliss-reactive ketones (excluding diaryl/α,β-unsaturated/α-hetero) is 1. The summed E-state index contributed by atoms with van der Waals surface area (Å²) in [6.45, 7) is 5.37. The van der Waals surface area contributed by atoms with Gasteiger partial charge >= 0.3 is 0 Å². The number of ether oxygens (including phenoxy) is 3. The Hall–Kier alpha value is -3.69. The summed E-state index contributed by atoms with van der Waals surface area (Å²) in [4.78, 5) is 18.0. The largest absolute Gasteiger partial charge is 0.497 e. The number of hydrogen-bond donors (Lipinski definition) is 0. The first-order valence-electron chi connectivity index (χ1n) is 11.6. The van der Waals surface area contributed by atoms with Gasteiger partial charge in [0.25, 0.3) is 10.1 Å². The summed E-state index contributed by atoms with van der Waals surface area (Å²) in [5, 5.41) is 0. The third-order valence-electron chi connectivity index (χ3n) is 6.00. The van der Waals surface area contributed by atoms with Crippen LogP contribution < -0.4 is 9.47 Å². The summed E-state index contributed by atoms with van der Waals surface area (Å²) >= 11 is 0. The highest BCUT2D eigenvalue weighted by molar-refractivity contribution is 7.86. The van der Waals surface area contributed by atoms with Gasteiger partial charge in [-0.2, -0.15) is 8.42 Å². The predicted octanol–water partition coefficient (Wildman–Crippen LogP) is 4.49. The van der Waals surface area contributed by atoms with E-state index in [0.717, 1.165) is 23.1 Å². The lowest BCUT2D eigenvalue weighted by Gasteiger charge is -2.23. The average Bonchev–Trinajstić information content (AvgIpc) is 3.13. The summed E-state index contributed by atoms with van der Waals surface area (Å²) in [5.41, 5.74) is 3.05. The first kappa shape index (κ1) is 26.4. The third-order valence-corrected chi connectivity index (χ3v) is 6.55. The van der Waals surface area contributed by atoms with E-state index in [4.69, 9.17) is 18.4 Å². The molecule has 3 aromatic rings. The molecule has 0 aliphatic carbocycles. The summed E-state index contributed by atoms with van der Waals surface area (Å²) in [6.07, 6.45) is 2.74. The summed E-state index contributed by atoms with van der Waals surface area (Å²) in [5.74, 6) is 1.22. The van der Waals surface area contributed by atoms with Crippen LogP contribution in [0.3, 0.4) is 0 Å². The van der Waals surface area contributed by atoms with Crippen LogP contribution >= 0.6 is 0 Å². The number of ketones is 1. The molecule has 194 valence electrons. The lowest BCUT2D eigenvalue weighted by atomic mass is 9.92. The summed E-state index contributed by atoms with van der Waals surface area (Å²) in [7, 11) is -2.21. The Morgan fingerprint density at radius 1 is 0.973 bits per heavy atom. The van der Waals surface area contributed by atoms with Crippen molar-refractivity contribution in [1.82, 2.24) is 4.98 Å². The van der Waals surface area contributed by atoms with Crippen molar-refractivity contribution in [3.05, 3.63) is 88.7 Å². The first-order chi connectivity index (χ1) is 17.5. The Labute approximate surface area is 217 Å². The van der Waals surface area contributed by atoms with Crippen LogP contribution in [0.15, 0.2) is 60.8 Å². The van der Waals surface area contributed by atoms with Gasteiger partial charge in [0, 0.05) is 11.8 Å². The molecule has 0 N–H and O–H groups in total. The predicted molar refractivity (Wildman–Crippen MR) is 140 cm³/mol. The van der Waals surface area contributed by atoms with Crippen LogP contribution in [0.2, 0.25) is 0 Å². The van der Waals surface area contributed by atoms with E-state index in [2.05, 4.69) is 11.1 Å². The van der Waals surface area contributed by atoms with Gasteiger partial charge in [0.05, 0.1) is 24.6 Å². The molecule has 0 saturated heterocycles. The number of pyridine rings is 1. The van der Waals surface area contributed by atoms with Crippen LogP contribution in [0, 0.1) is 13.8 Å². The highest BCUT2D eigenvalue weighted by atomic mass is 32.2. The number of aromatic nitrogens is 1. The first-order valence-corrected chi connectivity index (χ1v) is 13.4. The average molecular weight is 524 g/mol. The van der Waals surface area contributed by atoms with Crippen molar-refractivity contribution in [2.45, 2.75) is 33.0 Å². The second-order valence-electron chi connectivity index (χ2n) is 9.15. The maximum absolute atomic E-state index is 13.6. The van der Waals surface area contributed by atoms with Crippen LogP contribution in [0.5, 0.6) is 11.5 Å². The smallest absolute Gasteiger partial charge is 0.264 e. The van der Waals surface area contributed by atoms with Crippen LogP contribution in [-0.4, -0.2) is 44.8 Å². The second kappa shape index (κ2) is 10.4. The molecule has 0 saturated carbocycles. The molecule has 2 aromatic carbocycles. The fraction of sp³-hybridized carbons (Fsp3) is 0.286. The minimum Gasteiger partial charge on any atom is -0.497 e. The zero-order valence-electron chi connectivity index (χ0n) is 21.4. The summed E-state index contributed by atoms with van der Waals surface area (Å²) < 4.78 is 45.4. The van der Waals surface area contributed by atoms with Gasteiger partial charge < -0.3 is 14.2 Å². The number of carbonyl (C=O) groups excluding carboxylic acids is 1.